The van der Waals surface area contributed by atoms with Crippen molar-refractivity contribution in [1.82, 2.24) is 0 Å². The third kappa shape index (κ3) is 17.3. The second-order valence-corrected chi connectivity index (χ2v) is 12.5. The Balaban J connectivity index is 0. The van der Waals surface area contributed by atoms with Crippen LogP contribution in [0, 0.1) is 0 Å². The molecule has 0 rings (SSSR count). The van der Waals surface area contributed by atoms with Gasteiger partial charge in [0, 0.05) is 51.7 Å². The van der Waals surface area contributed by atoms with Crippen LogP contribution in [-0.2, 0) is 26.6 Å². The molecule has 0 heterocycles. The van der Waals surface area contributed by atoms with Crippen LogP contribution in [-0.4, -0.2) is 70.3 Å². The molecular formula is C21H52N2O6Si2. The Kier molecular flexibility index (Phi) is 25.0. The Bertz CT molecular complexity index is 316. The molecule has 0 fully saturated rings. The molecule has 190 valence electrons. The van der Waals surface area contributed by atoms with Gasteiger partial charge in [-0.15, -0.1) is 0 Å². The lowest BCUT2D eigenvalue weighted by Crippen LogP contribution is -2.46. The fourth-order valence-corrected chi connectivity index (χ4v) is 8.26. The van der Waals surface area contributed by atoms with Gasteiger partial charge in [0.1, 0.15) is 0 Å². The SMILES string of the molecule is CCCO[Si](CCCN)(OCCC)OCCC.CCO[Si](CCCN)(OCC)OCC. The minimum Gasteiger partial charge on any atom is -0.374 e. The molecule has 0 radical (unpaired) electrons. The van der Waals surface area contributed by atoms with Crippen molar-refractivity contribution in [2.45, 2.75) is 85.7 Å². The molecule has 4 N–H and O–H groups in total. The van der Waals surface area contributed by atoms with Gasteiger partial charge in [0.25, 0.3) is 0 Å². The average molecular weight is 485 g/mol. The van der Waals surface area contributed by atoms with Crippen LogP contribution in [0.2, 0.25) is 12.1 Å². The number of hydrogen-bond acceptors (Lipinski definition) is 8. The molecule has 8 nitrogen and oxygen atoms in total. The van der Waals surface area contributed by atoms with Gasteiger partial charge in [-0.05, 0) is 66.0 Å². The van der Waals surface area contributed by atoms with Gasteiger partial charge in [0.15, 0.2) is 0 Å². The van der Waals surface area contributed by atoms with E-state index in [1.807, 2.05) is 20.8 Å². The minimum absolute atomic E-state index is 0.636. The molecular weight excluding hydrogens is 432 g/mol. The molecule has 0 aliphatic heterocycles. The van der Waals surface area contributed by atoms with E-state index in [4.69, 9.17) is 38.0 Å². The van der Waals surface area contributed by atoms with Crippen molar-refractivity contribution >= 4 is 17.6 Å². The fourth-order valence-electron chi connectivity index (χ4n) is 2.75. The van der Waals surface area contributed by atoms with Crippen LogP contribution < -0.4 is 11.5 Å². The Morgan fingerprint density at radius 3 is 1.00 bits per heavy atom. The first-order valence-electron chi connectivity index (χ1n) is 12.2. The summed E-state index contributed by atoms with van der Waals surface area (Å²) in [6.45, 7) is 17.5. The standard InChI is InChI=1S/C12H29NO3Si.C9H23NO3Si/c1-4-9-14-17(12-7-8-13,15-10-5-2)16-11-6-3;1-4-11-14(12-5-2,13-6-3)9-7-8-10/h4-13H2,1-3H3;4-10H2,1-3H3. The zero-order chi connectivity index (χ0) is 23.8. The summed E-state index contributed by atoms with van der Waals surface area (Å²) in [6.07, 6.45) is 4.77. The lowest BCUT2D eigenvalue weighted by Gasteiger charge is -2.29. The van der Waals surface area contributed by atoms with E-state index in [2.05, 4.69) is 20.8 Å². The van der Waals surface area contributed by atoms with Crippen LogP contribution in [0.5, 0.6) is 0 Å². The number of hydrogen-bond donors (Lipinski definition) is 2. The van der Waals surface area contributed by atoms with Crippen LogP contribution in [0.3, 0.4) is 0 Å². The average Bonchev–Trinajstić information content (AvgIpc) is 2.78. The molecule has 0 bridgehead atoms. The van der Waals surface area contributed by atoms with Crippen LogP contribution in [0.15, 0.2) is 0 Å². The van der Waals surface area contributed by atoms with E-state index >= 15 is 0 Å². The van der Waals surface area contributed by atoms with Gasteiger partial charge < -0.3 is 38.0 Å². The van der Waals surface area contributed by atoms with Crippen molar-refractivity contribution in [2.24, 2.45) is 11.5 Å². The molecule has 0 aromatic rings. The summed E-state index contributed by atoms with van der Waals surface area (Å²) in [5, 5.41) is 0. The van der Waals surface area contributed by atoms with Crippen LogP contribution in [0.1, 0.15) is 73.6 Å². The third-order valence-electron chi connectivity index (χ3n) is 4.05. The number of rotatable bonds is 21. The van der Waals surface area contributed by atoms with Crippen LogP contribution >= 0.6 is 0 Å². The summed E-state index contributed by atoms with van der Waals surface area (Å²) in [7, 11) is -4.86. The molecule has 10 heteroatoms. The largest absolute Gasteiger partial charge is 0.501 e. The first-order chi connectivity index (χ1) is 15.0. The van der Waals surface area contributed by atoms with Crippen LogP contribution in [0.25, 0.3) is 0 Å². The van der Waals surface area contributed by atoms with Crippen molar-refractivity contribution in [1.29, 1.82) is 0 Å². The predicted octanol–water partition coefficient (Wildman–Crippen LogP) is 3.94. The van der Waals surface area contributed by atoms with Crippen molar-refractivity contribution in [3.05, 3.63) is 0 Å². The normalized spacial score (nSPS) is 12.0. The third-order valence-corrected chi connectivity index (χ3v) is 10.1. The molecule has 31 heavy (non-hydrogen) atoms. The predicted molar refractivity (Wildman–Crippen MR) is 132 cm³/mol. The van der Waals surface area contributed by atoms with Gasteiger partial charge >= 0.3 is 17.6 Å². The Morgan fingerprint density at radius 2 is 0.774 bits per heavy atom. The lowest BCUT2D eigenvalue weighted by atomic mass is 10.5. The Labute approximate surface area is 194 Å². The molecule has 0 saturated carbocycles. The summed E-state index contributed by atoms with van der Waals surface area (Å²) in [6, 6.07) is 1.66. The monoisotopic (exact) mass is 484 g/mol. The maximum Gasteiger partial charge on any atom is 0.501 e. The van der Waals surface area contributed by atoms with E-state index in [0.29, 0.717) is 52.7 Å². The van der Waals surface area contributed by atoms with Crippen molar-refractivity contribution < 1.29 is 26.6 Å². The minimum atomic E-state index is -2.46. The van der Waals surface area contributed by atoms with Gasteiger partial charge in [0.2, 0.25) is 0 Å². The molecule has 0 unspecified atom stereocenters. The van der Waals surface area contributed by atoms with Crippen molar-refractivity contribution in [3.8, 4) is 0 Å². The molecule has 0 amide bonds. The fraction of sp³-hybridized carbons (Fsp3) is 1.00. The highest BCUT2D eigenvalue weighted by molar-refractivity contribution is 6.61. The summed E-state index contributed by atoms with van der Waals surface area (Å²) in [5.74, 6) is 0. The van der Waals surface area contributed by atoms with Gasteiger partial charge in [0.05, 0.1) is 0 Å². The topological polar surface area (TPSA) is 107 Å². The zero-order valence-corrected chi connectivity index (χ0v) is 23.2. The second-order valence-electron chi connectivity index (χ2n) is 6.99. The van der Waals surface area contributed by atoms with E-state index in [-0.39, 0.29) is 0 Å². The van der Waals surface area contributed by atoms with E-state index in [1.165, 1.54) is 0 Å². The van der Waals surface area contributed by atoms with E-state index in [9.17, 15) is 0 Å². The molecule has 0 aliphatic rings. The quantitative estimate of drug-likeness (QED) is 0.236. The second kappa shape index (κ2) is 23.3. The van der Waals surface area contributed by atoms with E-state index in [0.717, 1.165) is 44.2 Å². The lowest BCUT2D eigenvalue weighted by molar-refractivity contribution is 0.0589. The van der Waals surface area contributed by atoms with Gasteiger partial charge in [-0.2, -0.15) is 0 Å². The van der Waals surface area contributed by atoms with E-state index in [1.54, 1.807) is 0 Å². The summed E-state index contributed by atoms with van der Waals surface area (Å²) >= 11 is 0. The highest BCUT2D eigenvalue weighted by atomic mass is 28.4. The Hall–Kier alpha value is 0.114. The van der Waals surface area contributed by atoms with Gasteiger partial charge in [-0.1, -0.05) is 20.8 Å². The summed E-state index contributed by atoms with van der Waals surface area (Å²) in [4.78, 5) is 0. The molecule has 0 aliphatic carbocycles. The van der Waals surface area contributed by atoms with Gasteiger partial charge in [-0.25, -0.2) is 0 Å². The molecule has 0 spiro atoms. The molecule has 0 aromatic heterocycles. The maximum atomic E-state index is 5.92. The summed E-state index contributed by atoms with van der Waals surface area (Å²) < 4.78 is 34.7. The Morgan fingerprint density at radius 1 is 0.484 bits per heavy atom. The molecule has 0 saturated heterocycles. The smallest absolute Gasteiger partial charge is 0.374 e. The maximum absolute atomic E-state index is 5.92. The first-order valence-corrected chi connectivity index (χ1v) is 16.1. The molecule has 0 aromatic carbocycles. The van der Waals surface area contributed by atoms with Crippen LogP contribution in [0.4, 0.5) is 0 Å². The van der Waals surface area contributed by atoms with Crippen molar-refractivity contribution in [2.75, 3.05) is 52.7 Å². The highest BCUT2D eigenvalue weighted by Crippen LogP contribution is 2.19. The first kappa shape index (κ1) is 33.3. The summed E-state index contributed by atoms with van der Waals surface area (Å²) in [5.41, 5.74) is 11.1. The van der Waals surface area contributed by atoms with E-state index < -0.39 is 17.6 Å². The molecule has 0 atom stereocenters. The highest BCUT2D eigenvalue weighted by Gasteiger charge is 2.40. The van der Waals surface area contributed by atoms with Gasteiger partial charge in [-0.3, -0.25) is 0 Å². The van der Waals surface area contributed by atoms with Crippen molar-refractivity contribution in [3.63, 3.8) is 0 Å². The number of nitrogens with two attached hydrogens (primary N) is 2. The zero-order valence-electron chi connectivity index (χ0n) is 21.2.